The average Bonchev–Trinajstić information content (AvgIpc) is 3.34. The van der Waals surface area contributed by atoms with E-state index in [0.29, 0.717) is 11.5 Å². The van der Waals surface area contributed by atoms with Gasteiger partial charge in [-0.1, -0.05) is 30.3 Å². The van der Waals surface area contributed by atoms with Crippen molar-refractivity contribution in [2.24, 2.45) is 13.0 Å². The molecular weight excluding hydrogens is 304 g/mol. The molecule has 0 saturated heterocycles. The maximum atomic E-state index is 12.2. The van der Waals surface area contributed by atoms with Crippen LogP contribution in [0.5, 0.6) is 0 Å². The van der Waals surface area contributed by atoms with E-state index in [9.17, 15) is 9.90 Å². The van der Waals surface area contributed by atoms with Crippen LogP contribution >= 0.6 is 0 Å². The van der Waals surface area contributed by atoms with Gasteiger partial charge in [-0.05, 0) is 30.7 Å². The summed E-state index contributed by atoms with van der Waals surface area (Å²) < 4.78 is 1.63. The maximum absolute atomic E-state index is 12.2. The van der Waals surface area contributed by atoms with Crippen LogP contribution in [-0.4, -0.2) is 33.5 Å². The summed E-state index contributed by atoms with van der Waals surface area (Å²) in [5, 5.41) is 19.9. The summed E-state index contributed by atoms with van der Waals surface area (Å²) in [7, 11) is 1.79. The Kier molecular flexibility index (Phi) is 5.15. The van der Waals surface area contributed by atoms with Crippen molar-refractivity contribution in [3.8, 4) is 0 Å². The van der Waals surface area contributed by atoms with Gasteiger partial charge in [0.25, 0.3) is 0 Å². The number of aliphatic hydroxyl groups is 1. The lowest BCUT2D eigenvalue weighted by atomic mass is 10.0. The predicted molar refractivity (Wildman–Crippen MR) is 91.4 cm³/mol. The maximum Gasteiger partial charge on any atom is 0.315 e. The van der Waals surface area contributed by atoms with Crippen LogP contribution in [0.3, 0.4) is 0 Å². The van der Waals surface area contributed by atoms with Gasteiger partial charge >= 0.3 is 6.03 Å². The molecule has 0 radical (unpaired) electrons. The van der Waals surface area contributed by atoms with Crippen molar-refractivity contribution in [2.75, 3.05) is 6.54 Å². The number of rotatable bonds is 7. The summed E-state index contributed by atoms with van der Waals surface area (Å²) >= 11 is 0. The number of amides is 2. The van der Waals surface area contributed by atoms with E-state index in [-0.39, 0.29) is 18.6 Å². The Morgan fingerprint density at radius 3 is 2.75 bits per heavy atom. The standard InChI is InChI=1S/C18H24N4O2/c1-22-12-15(10-20-22)17(23)11-19-18(24)21-16(14-7-8-14)9-13-5-3-2-4-6-13/h2-6,10,12,14,16-17,23H,7-9,11H2,1H3,(H2,19,21,24)/t16-,17+/m1/s1. The molecule has 2 aromatic rings. The van der Waals surface area contributed by atoms with Gasteiger partial charge in [0.1, 0.15) is 0 Å². The molecule has 1 saturated carbocycles. The molecule has 0 unspecified atom stereocenters. The molecule has 6 heteroatoms. The number of carbonyl (C=O) groups excluding carboxylic acids is 1. The largest absolute Gasteiger partial charge is 0.386 e. The summed E-state index contributed by atoms with van der Waals surface area (Å²) in [4.78, 5) is 12.2. The molecule has 1 aromatic carbocycles. The highest BCUT2D eigenvalue weighted by Crippen LogP contribution is 2.34. The van der Waals surface area contributed by atoms with Gasteiger partial charge in [0.15, 0.2) is 0 Å². The predicted octanol–water partition coefficient (Wildman–Crippen LogP) is 1.77. The summed E-state index contributed by atoms with van der Waals surface area (Å²) in [6.45, 7) is 0.167. The number of aliphatic hydroxyl groups excluding tert-OH is 1. The van der Waals surface area contributed by atoms with E-state index >= 15 is 0 Å². The molecule has 128 valence electrons. The fourth-order valence-electron chi connectivity index (χ4n) is 2.84. The molecule has 1 heterocycles. The monoisotopic (exact) mass is 328 g/mol. The zero-order valence-electron chi connectivity index (χ0n) is 13.9. The Hall–Kier alpha value is -2.34. The van der Waals surface area contributed by atoms with Crippen LogP contribution in [0.25, 0.3) is 0 Å². The van der Waals surface area contributed by atoms with E-state index in [0.717, 1.165) is 19.3 Å². The minimum Gasteiger partial charge on any atom is -0.386 e. The van der Waals surface area contributed by atoms with Crippen molar-refractivity contribution < 1.29 is 9.90 Å². The first-order chi connectivity index (χ1) is 11.6. The average molecular weight is 328 g/mol. The van der Waals surface area contributed by atoms with Gasteiger partial charge < -0.3 is 15.7 Å². The smallest absolute Gasteiger partial charge is 0.315 e. The number of nitrogens with zero attached hydrogens (tertiary/aromatic N) is 2. The number of nitrogens with one attached hydrogen (secondary N) is 2. The Morgan fingerprint density at radius 2 is 2.12 bits per heavy atom. The van der Waals surface area contributed by atoms with Crippen molar-refractivity contribution in [1.29, 1.82) is 0 Å². The van der Waals surface area contributed by atoms with Crippen LogP contribution in [0.1, 0.15) is 30.1 Å². The first kappa shape index (κ1) is 16.5. The van der Waals surface area contributed by atoms with Crippen LogP contribution < -0.4 is 10.6 Å². The molecule has 3 N–H and O–H groups in total. The second-order valence-electron chi connectivity index (χ2n) is 6.45. The third-order valence-corrected chi connectivity index (χ3v) is 4.37. The Bertz CT molecular complexity index is 667. The normalized spacial score (nSPS) is 16.4. The molecule has 2 atom stereocenters. The highest BCUT2D eigenvalue weighted by molar-refractivity contribution is 5.74. The van der Waals surface area contributed by atoms with E-state index < -0.39 is 6.10 Å². The number of hydrogen-bond donors (Lipinski definition) is 3. The zero-order chi connectivity index (χ0) is 16.9. The number of aryl methyl sites for hydroxylation is 1. The molecule has 3 rings (SSSR count). The van der Waals surface area contributed by atoms with Gasteiger partial charge in [-0.15, -0.1) is 0 Å². The zero-order valence-corrected chi connectivity index (χ0v) is 13.9. The lowest BCUT2D eigenvalue weighted by Gasteiger charge is -2.19. The molecule has 24 heavy (non-hydrogen) atoms. The van der Waals surface area contributed by atoms with Gasteiger partial charge in [0.2, 0.25) is 0 Å². The Balaban J connectivity index is 1.49. The van der Waals surface area contributed by atoms with Crippen LogP contribution in [0.4, 0.5) is 4.79 Å². The molecular formula is C18H24N4O2. The van der Waals surface area contributed by atoms with E-state index in [1.54, 1.807) is 24.1 Å². The second kappa shape index (κ2) is 7.49. The van der Waals surface area contributed by atoms with Crippen molar-refractivity contribution >= 4 is 6.03 Å². The van der Waals surface area contributed by atoms with Crippen molar-refractivity contribution in [3.63, 3.8) is 0 Å². The lowest BCUT2D eigenvalue weighted by Crippen LogP contribution is -2.45. The molecule has 1 aromatic heterocycles. The minimum absolute atomic E-state index is 0.142. The number of hydrogen-bond acceptors (Lipinski definition) is 3. The van der Waals surface area contributed by atoms with Gasteiger partial charge in [0, 0.05) is 31.4 Å². The van der Waals surface area contributed by atoms with Gasteiger partial charge in [-0.25, -0.2) is 4.79 Å². The van der Waals surface area contributed by atoms with Crippen molar-refractivity contribution in [1.82, 2.24) is 20.4 Å². The van der Waals surface area contributed by atoms with Crippen molar-refractivity contribution in [2.45, 2.75) is 31.4 Å². The first-order valence-electron chi connectivity index (χ1n) is 8.36. The molecule has 1 aliphatic rings. The van der Waals surface area contributed by atoms with Crippen LogP contribution in [0.2, 0.25) is 0 Å². The Morgan fingerprint density at radius 1 is 1.38 bits per heavy atom. The quantitative estimate of drug-likeness (QED) is 0.725. The second-order valence-corrected chi connectivity index (χ2v) is 6.45. The third-order valence-electron chi connectivity index (χ3n) is 4.37. The van der Waals surface area contributed by atoms with E-state index in [4.69, 9.17) is 0 Å². The highest BCUT2D eigenvalue weighted by Gasteiger charge is 2.32. The fraction of sp³-hybridized carbons (Fsp3) is 0.444. The third kappa shape index (κ3) is 4.58. The van der Waals surface area contributed by atoms with E-state index in [1.165, 1.54) is 5.56 Å². The topological polar surface area (TPSA) is 79.2 Å². The summed E-state index contributed by atoms with van der Waals surface area (Å²) in [5.74, 6) is 0.555. The molecule has 0 spiro atoms. The molecule has 0 aliphatic heterocycles. The van der Waals surface area contributed by atoms with Crippen LogP contribution in [0, 0.1) is 5.92 Å². The van der Waals surface area contributed by atoms with E-state index in [2.05, 4.69) is 27.9 Å². The number of aromatic nitrogens is 2. The van der Waals surface area contributed by atoms with Crippen LogP contribution in [0.15, 0.2) is 42.7 Å². The van der Waals surface area contributed by atoms with Crippen LogP contribution in [-0.2, 0) is 13.5 Å². The number of benzene rings is 1. The Labute approximate surface area is 141 Å². The summed E-state index contributed by atoms with van der Waals surface area (Å²) in [5.41, 5.74) is 1.92. The lowest BCUT2D eigenvalue weighted by molar-refractivity contribution is 0.172. The molecule has 2 amide bonds. The fourth-order valence-corrected chi connectivity index (χ4v) is 2.84. The summed E-state index contributed by atoms with van der Waals surface area (Å²) in [6.07, 6.45) is 5.76. The van der Waals surface area contributed by atoms with E-state index in [1.807, 2.05) is 18.2 Å². The van der Waals surface area contributed by atoms with Gasteiger partial charge in [-0.3, -0.25) is 4.68 Å². The minimum atomic E-state index is -0.752. The van der Waals surface area contributed by atoms with Gasteiger partial charge in [-0.2, -0.15) is 5.10 Å². The molecule has 0 bridgehead atoms. The summed E-state index contributed by atoms with van der Waals surface area (Å²) in [6, 6.07) is 10.1. The molecule has 6 nitrogen and oxygen atoms in total. The van der Waals surface area contributed by atoms with Gasteiger partial charge in [0.05, 0.1) is 12.3 Å². The molecule has 1 fully saturated rings. The number of urea groups is 1. The van der Waals surface area contributed by atoms with Crippen molar-refractivity contribution in [3.05, 3.63) is 53.9 Å². The first-order valence-corrected chi connectivity index (χ1v) is 8.36. The number of carbonyl (C=O) groups is 1. The highest BCUT2D eigenvalue weighted by atomic mass is 16.3. The SMILES string of the molecule is Cn1cc([C@@H](O)CNC(=O)N[C@H](Cc2ccccc2)C2CC2)cn1. The molecule has 1 aliphatic carbocycles.